The molecule has 0 spiro atoms. The standard InChI is InChI=1S/C17H19NO.C2H6/c19-17(16-12-7-13-18-16,14-8-3-1-4-9-14)15-10-5-2-6-11-15;1-2/h1-6,8-11,16,18-19H,7,12-13H2;1-2H3/t16-;/m0./s1. The van der Waals surface area contributed by atoms with Crippen molar-refractivity contribution in [1.29, 1.82) is 0 Å². The number of hydrogen-bond acceptors (Lipinski definition) is 2. The van der Waals surface area contributed by atoms with Gasteiger partial charge >= 0.3 is 0 Å². The molecule has 2 nitrogen and oxygen atoms in total. The van der Waals surface area contributed by atoms with Crippen LogP contribution in [0.4, 0.5) is 0 Å². The molecule has 112 valence electrons. The Morgan fingerprint density at radius 1 is 0.905 bits per heavy atom. The second kappa shape index (κ2) is 7.39. The monoisotopic (exact) mass is 283 g/mol. The first-order valence-electron chi connectivity index (χ1n) is 7.88. The number of benzene rings is 2. The number of nitrogens with one attached hydrogen (secondary N) is 1. The first-order chi connectivity index (χ1) is 10.3. The second-order valence-corrected chi connectivity index (χ2v) is 5.15. The summed E-state index contributed by atoms with van der Waals surface area (Å²) >= 11 is 0. The predicted octanol–water partition coefficient (Wildman–Crippen LogP) is 3.70. The van der Waals surface area contributed by atoms with E-state index in [1.54, 1.807) is 0 Å². The van der Waals surface area contributed by atoms with E-state index in [1.165, 1.54) is 0 Å². The van der Waals surface area contributed by atoms with E-state index in [4.69, 9.17) is 0 Å². The van der Waals surface area contributed by atoms with Crippen molar-refractivity contribution in [3.8, 4) is 0 Å². The summed E-state index contributed by atoms with van der Waals surface area (Å²) < 4.78 is 0. The van der Waals surface area contributed by atoms with Crippen LogP contribution in [0.5, 0.6) is 0 Å². The highest BCUT2D eigenvalue weighted by molar-refractivity contribution is 5.38. The normalized spacial score (nSPS) is 18.0. The van der Waals surface area contributed by atoms with Crippen LogP contribution < -0.4 is 5.32 Å². The van der Waals surface area contributed by atoms with Crippen molar-refractivity contribution in [2.75, 3.05) is 6.54 Å². The second-order valence-electron chi connectivity index (χ2n) is 5.15. The average molecular weight is 283 g/mol. The van der Waals surface area contributed by atoms with Gasteiger partial charge in [-0.1, -0.05) is 74.5 Å². The molecule has 0 saturated carbocycles. The summed E-state index contributed by atoms with van der Waals surface area (Å²) in [6.45, 7) is 4.98. The summed E-state index contributed by atoms with van der Waals surface area (Å²) in [4.78, 5) is 0. The van der Waals surface area contributed by atoms with Crippen molar-refractivity contribution in [2.24, 2.45) is 0 Å². The zero-order chi connectivity index (χ0) is 15.1. The van der Waals surface area contributed by atoms with E-state index in [1.807, 2.05) is 74.5 Å². The van der Waals surface area contributed by atoms with Gasteiger partial charge in [0, 0.05) is 6.04 Å². The fourth-order valence-corrected chi connectivity index (χ4v) is 2.99. The Morgan fingerprint density at radius 3 is 1.76 bits per heavy atom. The number of hydrogen-bond donors (Lipinski definition) is 2. The van der Waals surface area contributed by atoms with Gasteiger partial charge in [-0.3, -0.25) is 0 Å². The van der Waals surface area contributed by atoms with Crippen LogP contribution in [0.3, 0.4) is 0 Å². The molecule has 0 aliphatic carbocycles. The maximum Gasteiger partial charge on any atom is 0.130 e. The highest BCUT2D eigenvalue weighted by Gasteiger charge is 2.41. The molecule has 2 aromatic carbocycles. The summed E-state index contributed by atoms with van der Waals surface area (Å²) in [7, 11) is 0. The van der Waals surface area contributed by atoms with Crippen molar-refractivity contribution in [1.82, 2.24) is 5.32 Å². The average Bonchev–Trinajstić information content (AvgIpc) is 3.13. The van der Waals surface area contributed by atoms with Crippen molar-refractivity contribution < 1.29 is 5.11 Å². The number of aliphatic hydroxyl groups is 1. The molecule has 21 heavy (non-hydrogen) atoms. The summed E-state index contributed by atoms with van der Waals surface area (Å²) in [5.74, 6) is 0. The molecular formula is C19H25NO. The molecule has 0 aromatic heterocycles. The molecule has 1 heterocycles. The van der Waals surface area contributed by atoms with E-state index >= 15 is 0 Å². The lowest BCUT2D eigenvalue weighted by atomic mass is 9.79. The van der Waals surface area contributed by atoms with Crippen LogP contribution >= 0.6 is 0 Å². The van der Waals surface area contributed by atoms with Gasteiger partial charge in [-0.25, -0.2) is 0 Å². The van der Waals surface area contributed by atoms with E-state index in [0.717, 1.165) is 30.5 Å². The van der Waals surface area contributed by atoms with E-state index < -0.39 is 5.60 Å². The zero-order valence-corrected chi connectivity index (χ0v) is 12.9. The van der Waals surface area contributed by atoms with E-state index in [-0.39, 0.29) is 6.04 Å². The molecule has 2 N–H and O–H groups in total. The first-order valence-corrected chi connectivity index (χ1v) is 7.88. The molecule has 1 saturated heterocycles. The van der Waals surface area contributed by atoms with E-state index in [0.29, 0.717) is 0 Å². The molecule has 1 atom stereocenters. The Morgan fingerprint density at radius 2 is 1.38 bits per heavy atom. The lowest BCUT2D eigenvalue weighted by Crippen LogP contribution is -2.46. The zero-order valence-electron chi connectivity index (χ0n) is 12.9. The highest BCUT2D eigenvalue weighted by atomic mass is 16.3. The third kappa shape index (κ3) is 3.17. The van der Waals surface area contributed by atoms with Gasteiger partial charge in [0.2, 0.25) is 0 Å². The maximum atomic E-state index is 11.4. The van der Waals surface area contributed by atoms with Gasteiger partial charge in [-0.05, 0) is 30.5 Å². The highest BCUT2D eigenvalue weighted by Crippen LogP contribution is 2.36. The molecule has 0 radical (unpaired) electrons. The smallest absolute Gasteiger partial charge is 0.130 e. The van der Waals surface area contributed by atoms with Crippen molar-refractivity contribution in [3.63, 3.8) is 0 Å². The Balaban J connectivity index is 0.000000774. The van der Waals surface area contributed by atoms with Crippen molar-refractivity contribution in [2.45, 2.75) is 38.3 Å². The Labute approximate surface area is 127 Å². The van der Waals surface area contributed by atoms with Gasteiger partial charge in [0.05, 0.1) is 0 Å². The van der Waals surface area contributed by atoms with Gasteiger partial charge in [-0.2, -0.15) is 0 Å². The lowest BCUT2D eigenvalue weighted by molar-refractivity contribution is 0.0442. The predicted molar refractivity (Wildman–Crippen MR) is 88.3 cm³/mol. The molecule has 2 heteroatoms. The fraction of sp³-hybridized carbons (Fsp3) is 0.368. The molecule has 0 unspecified atom stereocenters. The Kier molecular flexibility index (Phi) is 5.54. The molecule has 0 bridgehead atoms. The third-order valence-electron chi connectivity index (χ3n) is 3.99. The summed E-state index contributed by atoms with van der Waals surface area (Å²) in [6.07, 6.45) is 2.12. The van der Waals surface area contributed by atoms with Crippen LogP contribution in [0.2, 0.25) is 0 Å². The van der Waals surface area contributed by atoms with Crippen LogP contribution in [0.25, 0.3) is 0 Å². The SMILES string of the molecule is CC.OC(c1ccccc1)(c1ccccc1)[C@@H]1CCCN1. The topological polar surface area (TPSA) is 32.3 Å². The van der Waals surface area contributed by atoms with Crippen LogP contribution in [0, 0.1) is 0 Å². The fourth-order valence-electron chi connectivity index (χ4n) is 2.99. The molecule has 2 aromatic rings. The van der Waals surface area contributed by atoms with Gasteiger partial charge in [0.15, 0.2) is 0 Å². The summed E-state index contributed by atoms with van der Waals surface area (Å²) in [6, 6.07) is 20.0. The van der Waals surface area contributed by atoms with Crippen LogP contribution in [0.15, 0.2) is 60.7 Å². The molecule has 1 aliphatic rings. The number of rotatable bonds is 3. The molecular weight excluding hydrogens is 258 g/mol. The van der Waals surface area contributed by atoms with Crippen molar-refractivity contribution in [3.05, 3.63) is 71.8 Å². The largest absolute Gasteiger partial charge is 0.379 e. The van der Waals surface area contributed by atoms with Crippen LogP contribution in [-0.2, 0) is 5.60 Å². The Hall–Kier alpha value is -1.64. The quantitative estimate of drug-likeness (QED) is 0.900. The summed E-state index contributed by atoms with van der Waals surface area (Å²) in [5.41, 5.74) is 0.972. The minimum atomic E-state index is -0.945. The lowest BCUT2D eigenvalue weighted by Gasteiger charge is -2.35. The van der Waals surface area contributed by atoms with Crippen LogP contribution in [0.1, 0.15) is 37.8 Å². The Bertz CT molecular complexity index is 478. The molecule has 1 fully saturated rings. The minimum Gasteiger partial charge on any atom is -0.379 e. The van der Waals surface area contributed by atoms with Crippen molar-refractivity contribution >= 4 is 0 Å². The summed E-state index contributed by atoms with van der Waals surface area (Å²) in [5, 5.41) is 14.8. The minimum absolute atomic E-state index is 0.0808. The molecule has 1 aliphatic heterocycles. The first kappa shape index (κ1) is 15.7. The van der Waals surface area contributed by atoms with Gasteiger partial charge in [-0.15, -0.1) is 0 Å². The van der Waals surface area contributed by atoms with Gasteiger partial charge in [0.1, 0.15) is 5.60 Å². The van der Waals surface area contributed by atoms with Gasteiger partial charge in [0.25, 0.3) is 0 Å². The maximum absolute atomic E-state index is 11.4. The van der Waals surface area contributed by atoms with E-state index in [2.05, 4.69) is 5.32 Å². The van der Waals surface area contributed by atoms with Crippen LogP contribution in [-0.4, -0.2) is 17.7 Å². The molecule has 0 amide bonds. The molecule has 3 rings (SSSR count). The third-order valence-corrected chi connectivity index (χ3v) is 3.99. The van der Waals surface area contributed by atoms with Gasteiger partial charge < -0.3 is 10.4 Å². The van der Waals surface area contributed by atoms with E-state index in [9.17, 15) is 5.11 Å².